The minimum Gasteiger partial charge on any atom is -0.450 e. The number of rotatable bonds is 5. The van der Waals surface area contributed by atoms with Gasteiger partial charge in [0.1, 0.15) is 17.3 Å². The average Bonchev–Trinajstić information content (AvgIpc) is 3.03. The molecule has 1 N–H and O–H groups in total. The molecule has 1 saturated heterocycles. The molecule has 0 atom stereocenters. The van der Waals surface area contributed by atoms with Crippen molar-refractivity contribution in [2.45, 2.75) is 44.6 Å². The second-order valence-corrected chi connectivity index (χ2v) is 7.93. The lowest BCUT2D eigenvalue weighted by Crippen LogP contribution is -2.31. The van der Waals surface area contributed by atoms with Gasteiger partial charge >= 0.3 is 0 Å². The van der Waals surface area contributed by atoms with Crippen molar-refractivity contribution in [2.75, 3.05) is 13.1 Å². The highest BCUT2D eigenvalue weighted by Crippen LogP contribution is 2.40. The highest BCUT2D eigenvalue weighted by Gasteiger charge is 2.41. The van der Waals surface area contributed by atoms with E-state index in [9.17, 15) is 8.42 Å². The van der Waals surface area contributed by atoms with Gasteiger partial charge < -0.3 is 9.52 Å². The molecule has 0 radical (unpaired) electrons. The number of furan rings is 1. The minimum atomic E-state index is -3.57. The fourth-order valence-electron chi connectivity index (χ4n) is 2.72. The van der Waals surface area contributed by atoms with E-state index in [0.29, 0.717) is 13.1 Å². The molecule has 5 nitrogen and oxygen atoms in total. The lowest BCUT2D eigenvalue weighted by Gasteiger charge is -2.26. The number of aliphatic hydroxyl groups is 1. The molecule has 1 aromatic rings. The molecule has 1 aliphatic rings. The standard InChI is InChI=1S/C13H20BrNO4S/c1-3-13(4-2)5-6-15(9-13)20(17,18)11-7-10(8-16)19-12(11)14/h7,16H,3-6,8-9H2,1-2H3. The zero-order chi connectivity index (χ0) is 15.0. The van der Waals surface area contributed by atoms with E-state index >= 15 is 0 Å². The summed E-state index contributed by atoms with van der Waals surface area (Å²) in [5.41, 5.74) is 0.0864. The van der Waals surface area contributed by atoms with Crippen LogP contribution in [0.25, 0.3) is 0 Å². The van der Waals surface area contributed by atoms with Crippen LogP contribution >= 0.6 is 15.9 Å². The van der Waals surface area contributed by atoms with Crippen molar-refractivity contribution in [3.8, 4) is 0 Å². The van der Waals surface area contributed by atoms with E-state index in [4.69, 9.17) is 9.52 Å². The minimum absolute atomic E-state index is 0.0864. The zero-order valence-electron chi connectivity index (χ0n) is 11.7. The number of aliphatic hydroxyl groups excluding tert-OH is 1. The van der Waals surface area contributed by atoms with Gasteiger partial charge in [-0.25, -0.2) is 8.42 Å². The largest absolute Gasteiger partial charge is 0.450 e. The van der Waals surface area contributed by atoms with E-state index in [2.05, 4.69) is 29.8 Å². The van der Waals surface area contributed by atoms with Crippen LogP contribution < -0.4 is 0 Å². The van der Waals surface area contributed by atoms with Crippen molar-refractivity contribution in [2.24, 2.45) is 5.41 Å². The molecule has 114 valence electrons. The Kier molecular flexibility index (Phi) is 4.63. The molecule has 2 rings (SSSR count). The summed E-state index contributed by atoms with van der Waals surface area (Å²) < 4.78 is 32.2. The van der Waals surface area contributed by atoms with Gasteiger partial charge in [0.25, 0.3) is 0 Å². The molecule has 2 heterocycles. The fraction of sp³-hybridized carbons (Fsp3) is 0.692. The van der Waals surface area contributed by atoms with Crippen LogP contribution in [0.5, 0.6) is 0 Å². The molecule has 0 amide bonds. The summed E-state index contributed by atoms with van der Waals surface area (Å²) in [6.45, 7) is 4.99. The van der Waals surface area contributed by atoms with E-state index in [0.717, 1.165) is 19.3 Å². The third-order valence-corrected chi connectivity index (χ3v) is 7.09. The van der Waals surface area contributed by atoms with Crippen LogP contribution in [0.15, 0.2) is 20.0 Å². The van der Waals surface area contributed by atoms with Crippen LogP contribution in [0, 0.1) is 5.41 Å². The van der Waals surface area contributed by atoms with Crippen molar-refractivity contribution < 1.29 is 17.9 Å². The van der Waals surface area contributed by atoms with Gasteiger partial charge in [0.05, 0.1) is 0 Å². The van der Waals surface area contributed by atoms with Gasteiger partial charge in [-0.2, -0.15) is 4.31 Å². The van der Waals surface area contributed by atoms with Crippen LogP contribution in [-0.2, 0) is 16.6 Å². The summed E-state index contributed by atoms with van der Waals surface area (Å²) in [4.78, 5) is 0.101. The fourth-order valence-corrected chi connectivity index (χ4v) is 5.23. The molecule has 7 heteroatoms. The predicted octanol–water partition coefficient (Wildman–Crippen LogP) is 2.74. The Balaban J connectivity index is 2.30. The Morgan fingerprint density at radius 3 is 2.55 bits per heavy atom. The Labute approximate surface area is 128 Å². The van der Waals surface area contributed by atoms with E-state index in [-0.39, 0.29) is 27.3 Å². The Bertz CT molecular complexity index is 577. The molecule has 0 spiro atoms. The lowest BCUT2D eigenvalue weighted by molar-refractivity contribution is 0.245. The lowest BCUT2D eigenvalue weighted by atomic mass is 9.82. The molecular weight excluding hydrogens is 346 g/mol. The van der Waals surface area contributed by atoms with E-state index < -0.39 is 10.0 Å². The van der Waals surface area contributed by atoms with Crippen LogP contribution in [0.3, 0.4) is 0 Å². The maximum Gasteiger partial charge on any atom is 0.247 e. The summed E-state index contributed by atoms with van der Waals surface area (Å²) in [6.07, 6.45) is 2.84. The molecule has 20 heavy (non-hydrogen) atoms. The van der Waals surface area contributed by atoms with Crippen LogP contribution in [0.2, 0.25) is 0 Å². The molecule has 1 aliphatic heterocycles. The van der Waals surface area contributed by atoms with Gasteiger partial charge in [-0.15, -0.1) is 0 Å². The normalized spacial score (nSPS) is 19.6. The highest BCUT2D eigenvalue weighted by molar-refractivity contribution is 9.10. The molecule has 1 aromatic heterocycles. The quantitative estimate of drug-likeness (QED) is 0.870. The van der Waals surface area contributed by atoms with Gasteiger partial charge in [0, 0.05) is 19.2 Å². The van der Waals surface area contributed by atoms with Crippen molar-refractivity contribution in [1.29, 1.82) is 0 Å². The molecule has 0 bridgehead atoms. The maximum absolute atomic E-state index is 12.7. The summed E-state index contributed by atoms with van der Waals surface area (Å²) >= 11 is 3.12. The van der Waals surface area contributed by atoms with Crippen molar-refractivity contribution in [3.05, 3.63) is 16.5 Å². The first-order chi connectivity index (χ1) is 9.38. The first kappa shape index (κ1) is 16.0. The number of hydrogen-bond donors (Lipinski definition) is 1. The van der Waals surface area contributed by atoms with Crippen LogP contribution in [-0.4, -0.2) is 30.9 Å². The molecule has 0 aliphatic carbocycles. The Hall–Kier alpha value is -0.370. The van der Waals surface area contributed by atoms with Crippen molar-refractivity contribution in [1.82, 2.24) is 4.31 Å². The summed E-state index contributed by atoms with van der Waals surface area (Å²) in [6, 6.07) is 1.39. The third-order valence-electron chi connectivity index (χ3n) is 4.38. The molecule has 0 unspecified atom stereocenters. The maximum atomic E-state index is 12.7. The number of sulfonamides is 1. The zero-order valence-corrected chi connectivity index (χ0v) is 14.1. The monoisotopic (exact) mass is 365 g/mol. The second kappa shape index (κ2) is 5.79. The van der Waals surface area contributed by atoms with E-state index in [1.165, 1.54) is 10.4 Å². The van der Waals surface area contributed by atoms with Gasteiger partial charge in [-0.3, -0.25) is 0 Å². The third kappa shape index (κ3) is 2.68. The molecule has 1 fully saturated rings. The Morgan fingerprint density at radius 1 is 1.45 bits per heavy atom. The van der Waals surface area contributed by atoms with Crippen LogP contribution in [0.4, 0.5) is 0 Å². The number of halogens is 1. The SMILES string of the molecule is CCC1(CC)CCN(S(=O)(=O)c2cc(CO)oc2Br)C1. The van der Waals surface area contributed by atoms with Crippen LogP contribution in [0.1, 0.15) is 38.9 Å². The van der Waals surface area contributed by atoms with Gasteiger partial charge in [-0.05, 0) is 40.6 Å². The topological polar surface area (TPSA) is 70.8 Å². The molecular formula is C13H20BrNO4S. The highest BCUT2D eigenvalue weighted by atomic mass is 79.9. The second-order valence-electron chi connectivity index (χ2n) is 5.30. The van der Waals surface area contributed by atoms with Gasteiger partial charge in [0.15, 0.2) is 4.67 Å². The summed E-state index contributed by atoms with van der Waals surface area (Å²) in [5, 5.41) is 9.04. The van der Waals surface area contributed by atoms with E-state index in [1.54, 1.807) is 0 Å². The Morgan fingerprint density at radius 2 is 2.10 bits per heavy atom. The summed E-state index contributed by atoms with van der Waals surface area (Å²) in [7, 11) is -3.57. The van der Waals surface area contributed by atoms with Crippen molar-refractivity contribution in [3.63, 3.8) is 0 Å². The summed E-state index contributed by atoms with van der Waals surface area (Å²) in [5.74, 6) is 0.242. The smallest absolute Gasteiger partial charge is 0.247 e. The predicted molar refractivity (Wildman–Crippen MR) is 78.7 cm³/mol. The van der Waals surface area contributed by atoms with Gasteiger partial charge in [0.2, 0.25) is 10.0 Å². The first-order valence-corrected chi connectivity index (χ1v) is 9.01. The number of nitrogens with zero attached hydrogens (tertiary/aromatic N) is 1. The van der Waals surface area contributed by atoms with Gasteiger partial charge in [-0.1, -0.05) is 13.8 Å². The first-order valence-electron chi connectivity index (χ1n) is 6.78. The van der Waals surface area contributed by atoms with Crippen molar-refractivity contribution >= 4 is 26.0 Å². The molecule has 0 saturated carbocycles. The van der Waals surface area contributed by atoms with E-state index in [1.807, 2.05) is 0 Å². The average molecular weight is 366 g/mol. The number of hydrogen-bond acceptors (Lipinski definition) is 4. The molecule has 0 aromatic carbocycles.